The van der Waals surface area contributed by atoms with Gasteiger partial charge in [-0.25, -0.2) is 13.1 Å². The smallest absolute Gasteiger partial charge is 0.241 e. The Balaban J connectivity index is 1.79. The zero-order valence-electron chi connectivity index (χ0n) is 13.4. The van der Waals surface area contributed by atoms with Crippen LogP contribution in [0.3, 0.4) is 0 Å². The van der Waals surface area contributed by atoms with Crippen molar-refractivity contribution in [3.63, 3.8) is 0 Å². The molecule has 0 spiro atoms. The molecule has 5 heteroatoms. The van der Waals surface area contributed by atoms with E-state index < -0.39 is 10.0 Å². The van der Waals surface area contributed by atoms with Crippen molar-refractivity contribution >= 4 is 10.0 Å². The summed E-state index contributed by atoms with van der Waals surface area (Å²) < 4.78 is 32.8. The van der Waals surface area contributed by atoms with Crippen LogP contribution in [-0.2, 0) is 22.9 Å². The Morgan fingerprint density at radius 1 is 1.04 bits per heavy atom. The molecule has 0 aliphatic heterocycles. The van der Waals surface area contributed by atoms with Crippen LogP contribution in [0.15, 0.2) is 47.4 Å². The largest absolute Gasteiger partial charge is 0.497 e. The third kappa shape index (κ3) is 3.41. The summed E-state index contributed by atoms with van der Waals surface area (Å²) in [4.78, 5) is 0.242. The predicted octanol–water partition coefficient (Wildman–Crippen LogP) is 3.22. The van der Waals surface area contributed by atoms with Crippen molar-refractivity contribution in [3.05, 3.63) is 59.2 Å². The molecule has 0 fully saturated rings. The van der Waals surface area contributed by atoms with Crippen molar-refractivity contribution in [1.29, 1.82) is 0 Å². The molecule has 1 atom stereocenters. The SMILES string of the molecule is COc1ccc(S(=O)(=O)N[C@@H](C)c2ccc3c(c2)CCC3)cc1. The molecule has 2 aromatic rings. The summed E-state index contributed by atoms with van der Waals surface area (Å²) in [6.07, 6.45) is 3.40. The molecule has 0 unspecified atom stereocenters. The van der Waals surface area contributed by atoms with E-state index in [-0.39, 0.29) is 10.9 Å². The van der Waals surface area contributed by atoms with Crippen molar-refractivity contribution in [1.82, 2.24) is 4.72 Å². The van der Waals surface area contributed by atoms with Gasteiger partial charge >= 0.3 is 0 Å². The van der Waals surface area contributed by atoms with Gasteiger partial charge in [-0.1, -0.05) is 18.2 Å². The molecule has 0 amide bonds. The number of fused-ring (bicyclic) bond motifs is 1. The average molecular weight is 331 g/mol. The van der Waals surface area contributed by atoms with Gasteiger partial charge in [0.15, 0.2) is 0 Å². The molecule has 0 aromatic heterocycles. The van der Waals surface area contributed by atoms with Crippen molar-refractivity contribution in [2.45, 2.75) is 37.1 Å². The second-order valence-corrected chi connectivity index (χ2v) is 7.61. The number of hydrogen-bond acceptors (Lipinski definition) is 3. The summed E-state index contributed by atoms with van der Waals surface area (Å²) in [7, 11) is -2.00. The number of rotatable bonds is 5. The lowest BCUT2D eigenvalue weighted by molar-refractivity contribution is 0.414. The van der Waals surface area contributed by atoms with Gasteiger partial charge in [-0.15, -0.1) is 0 Å². The van der Waals surface area contributed by atoms with E-state index in [9.17, 15) is 8.42 Å². The summed E-state index contributed by atoms with van der Waals surface area (Å²) in [5.41, 5.74) is 3.74. The van der Waals surface area contributed by atoms with Gasteiger partial charge in [0.2, 0.25) is 10.0 Å². The Kier molecular flexibility index (Phi) is 4.41. The third-order valence-electron chi connectivity index (χ3n) is 4.32. The summed E-state index contributed by atoms with van der Waals surface area (Å²) in [5.74, 6) is 0.635. The van der Waals surface area contributed by atoms with Gasteiger partial charge in [-0.3, -0.25) is 0 Å². The molecular formula is C18H21NO3S. The maximum Gasteiger partial charge on any atom is 0.241 e. The minimum atomic E-state index is -3.55. The van der Waals surface area contributed by atoms with Crippen LogP contribution in [0.25, 0.3) is 0 Å². The third-order valence-corrected chi connectivity index (χ3v) is 5.88. The minimum absolute atomic E-state index is 0.242. The molecule has 0 heterocycles. The first-order valence-corrected chi connectivity index (χ1v) is 9.26. The van der Waals surface area contributed by atoms with E-state index in [4.69, 9.17) is 4.74 Å². The number of benzene rings is 2. The van der Waals surface area contributed by atoms with Gasteiger partial charge in [0.25, 0.3) is 0 Å². The molecule has 0 bridgehead atoms. The Bertz CT molecular complexity index is 798. The molecule has 0 radical (unpaired) electrons. The Hall–Kier alpha value is -1.85. The lowest BCUT2D eigenvalue weighted by Gasteiger charge is -2.16. The summed E-state index contributed by atoms with van der Waals surface area (Å²) in [5, 5.41) is 0. The molecular weight excluding hydrogens is 310 g/mol. The quantitative estimate of drug-likeness (QED) is 0.915. The van der Waals surface area contributed by atoms with E-state index in [1.807, 2.05) is 13.0 Å². The van der Waals surface area contributed by atoms with Crippen molar-refractivity contribution in [2.75, 3.05) is 7.11 Å². The zero-order valence-corrected chi connectivity index (χ0v) is 14.2. The fourth-order valence-electron chi connectivity index (χ4n) is 2.98. The highest BCUT2D eigenvalue weighted by molar-refractivity contribution is 7.89. The number of methoxy groups -OCH3 is 1. The van der Waals surface area contributed by atoms with Crippen LogP contribution in [0.5, 0.6) is 5.75 Å². The van der Waals surface area contributed by atoms with Crippen LogP contribution in [0.1, 0.15) is 36.1 Å². The molecule has 122 valence electrons. The van der Waals surface area contributed by atoms with Gasteiger partial charge in [-0.2, -0.15) is 0 Å². The molecule has 23 heavy (non-hydrogen) atoms. The second kappa shape index (κ2) is 6.34. The van der Waals surface area contributed by atoms with Crippen molar-refractivity contribution < 1.29 is 13.2 Å². The van der Waals surface area contributed by atoms with E-state index in [2.05, 4.69) is 16.9 Å². The Morgan fingerprint density at radius 3 is 2.43 bits per heavy atom. The lowest BCUT2D eigenvalue weighted by Crippen LogP contribution is -2.27. The minimum Gasteiger partial charge on any atom is -0.497 e. The fraction of sp³-hybridized carbons (Fsp3) is 0.333. The molecule has 1 aliphatic carbocycles. The first-order chi connectivity index (χ1) is 11.0. The maximum atomic E-state index is 12.5. The normalized spacial score (nSPS) is 15.2. The lowest BCUT2D eigenvalue weighted by atomic mass is 10.0. The van der Waals surface area contributed by atoms with Crippen LogP contribution >= 0.6 is 0 Å². The van der Waals surface area contributed by atoms with Crippen molar-refractivity contribution in [3.8, 4) is 5.75 Å². The first-order valence-electron chi connectivity index (χ1n) is 7.78. The van der Waals surface area contributed by atoms with Gasteiger partial charge in [0, 0.05) is 6.04 Å². The fourth-order valence-corrected chi connectivity index (χ4v) is 4.22. The van der Waals surface area contributed by atoms with Crippen molar-refractivity contribution in [2.24, 2.45) is 0 Å². The standard InChI is InChI=1S/C18H21NO3S/c1-13(15-7-6-14-4-3-5-16(14)12-15)19-23(20,21)18-10-8-17(22-2)9-11-18/h6-13,19H,3-5H2,1-2H3/t13-/m0/s1. The van der Waals surface area contributed by atoms with Crippen LogP contribution in [0, 0.1) is 0 Å². The number of aryl methyl sites for hydroxylation is 2. The Labute approximate surface area is 137 Å². The maximum absolute atomic E-state index is 12.5. The Morgan fingerprint density at radius 2 is 1.74 bits per heavy atom. The summed E-state index contributed by atoms with van der Waals surface area (Å²) >= 11 is 0. The molecule has 4 nitrogen and oxygen atoms in total. The molecule has 1 N–H and O–H groups in total. The number of ether oxygens (including phenoxy) is 1. The van der Waals surface area contributed by atoms with E-state index in [1.165, 1.54) is 17.5 Å². The monoisotopic (exact) mass is 331 g/mol. The number of nitrogens with one attached hydrogen (secondary N) is 1. The number of hydrogen-bond donors (Lipinski definition) is 1. The van der Waals surface area contributed by atoms with Gasteiger partial charge < -0.3 is 4.74 Å². The highest BCUT2D eigenvalue weighted by Crippen LogP contribution is 2.26. The van der Waals surface area contributed by atoms with E-state index in [0.29, 0.717) is 5.75 Å². The molecule has 1 aliphatic rings. The molecule has 0 saturated carbocycles. The molecule has 3 rings (SSSR count). The van der Waals surface area contributed by atoms with E-state index >= 15 is 0 Å². The molecule has 0 saturated heterocycles. The van der Waals surface area contributed by atoms with E-state index in [0.717, 1.165) is 18.4 Å². The van der Waals surface area contributed by atoms with Gasteiger partial charge in [-0.05, 0) is 67.1 Å². The van der Waals surface area contributed by atoms with Crippen LogP contribution in [-0.4, -0.2) is 15.5 Å². The summed E-state index contributed by atoms with van der Waals surface area (Å²) in [6.45, 7) is 1.87. The van der Waals surface area contributed by atoms with Crippen LogP contribution in [0.2, 0.25) is 0 Å². The highest BCUT2D eigenvalue weighted by Gasteiger charge is 2.20. The van der Waals surface area contributed by atoms with Gasteiger partial charge in [0.05, 0.1) is 12.0 Å². The second-order valence-electron chi connectivity index (χ2n) is 5.90. The topological polar surface area (TPSA) is 55.4 Å². The molecule has 2 aromatic carbocycles. The first kappa shape index (κ1) is 16.0. The zero-order chi connectivity index (χ0) is 16.4. The van der Waals surface area contributed by atoms with Gasteiger partial charge in [0.1, 0.15) is 5.75 Å². The van der Waals surface area contributed by atoms with Crippen LogP contribution < -0.4 is 9.46 Å². The average Bonchev–Trinajstić information content (AvgIpc) is 3.02. The van der Waals surface area contributed by atoms with E-state index in [1.54, 1.807) is 31.4 Å². The predicted molar refractivity (Wildman–Crippen MR) is 90.2 cm³/mol. The summed E-state index contributed by atoms with van der Waals surface area (Å²) in [6, 6.07) is 12.4. The highest BCUT2D eigenvalue weighted by atomic mass is 32.2. The number of sulfonamides is 1. The van der Waals surface area contributed by atoms with Crippen LogP contribution in [0.4, 0.5) is 0 Å².